The summed E-state index contributed by atoms with van der Waals surface area (Å²) < 4.78 is 0. The fourth-order valence-electron chi connectivity index (χ4n) is 1.56. The second-order valence-corrected chi connectivity index (χ2v) is 4.71. The molecule has 0 atom stereocenters. The van der Waals surface area contributed by atoms with E-state index >= 15 is 0 Å². The fraction of sp³-hybridized carbons (Fsp3) is 0.231. The Morgan fingerprint density at radius 2 is 2.33 bits per heavy atom. The molecule has 0 aliphatic carbocycles. The predicted molar refractivity (Wildman–Crippen MR) is 71.0 cm³/mol. The topological polar surface area (TPSA) is 62.2 Å². The summed E-state index contributed by atoms with van der Waals surface area (Å²) in [5.41, 5.74) is 4.02. The van der Waals surface area contributed by atoms with Crippen LogP contribution in [0.3, 0.4) is 0 Å². The number of benzene rings is 1. The Bertz CT molecular complexity index is 538. The molecule has 0 unspecified atom stereocenters. The molecule has 2 aromatic rings. The maximum Gasteiger partial charge on any atom is 0.251 e. The van der Waals surface area contributed by atoms with Crippen LogP contribution in [-0.4, -0.2) is 22.5 Å². The summed E-state index contributed by atoms with van der Waals surface area (Å²) in [6.45, 7) is 2.32. The molecule has 5 heteroatoms. The second-order valence-electron chi connectivity index (χ2n) is 3.99. The van der Waals surface area contributed by atoms with E-state index in [4.69, 9.17) is 0 Å². The molecule has 0 aliphatic rings. The quantitative estimate of drug-likeness (QED) is 0.887. The summed E-state index contributed by atoms with van der Waals surface area (Å²) in [4.78, 5) is 16.0. The van der Waals surface area contributed by atoms with Crippen molar-refractivity contribution in [2.45, 2.75) is 13.3 Å². The van der Waals surface area contributed by atoms with Crippen molar-refractivity contribution >= 4 is 17.2 Å². The largest absolute Gasteiger partial charge is 0.508 e. The van der Waals surface area contributed by atoms with Gasteiger partial charge in [0.25, 0.3) is 5.91 Å². The minimum Gasteiger partial charge on any atom is -0.508 e. The minimum absolute atomic E-state index is 0.131. The van der Waals surface area contributed by atoms with E-state index in [1.54, 1.807) is 35.9 Å². The average molecular weight is 262 g/mol. The number of hydrogen-bond donors (Lipinski definition) is 2. The SMILES string of the molecule is Cc1cc(C(=O)NCCc2cscn2)ccc1O. The van der Waals surface area contributed by atoms with Gasteiger partial charge in [0, 0.05) is 23.9 Å². The Hall–Kier alpha value is -1.88. The molecular formula is C13H14N2O2S. The van der Waals surface area contributed by atoms with Crippen molar-refractivity contribution in [1.82, 2.24) is 10.3 Å². The number of hydrogen-bond acceptors (Lipinski definition) is 4. The molecule has 0 bridgehead atoms. The summed E-state index contributed by atoms with van der Waals surface area (Å²) in [5, 5.41) is 14.2. The Morgan fingerprint density at radius 3 is 3.00 bits per heavy atom. The van der Waals surface area contributed by atoms with Crippen molar-refractivity contribution in [3.8, 4) is 5.75 Å². The first-order valence-electron chi connectivity index (χ1n) is 5.61. The number of nitrogens with one attached hydrogen (secondary N) is 1. The van der Waals surface area contributed by atoms with Gasteiger partial charge in [0.05, 0.1) is 11.2 Å². The third-order valence-corrected chi connectivity index (χ3v) is 3.24. The van der Waals surface area contributed by atoms with Gasteiger partial charge >= 0.3 is 0 Å². The molecule has 94 valence electrons. The number of thiazole rings is 1. The Balaban J connectivity index is 1.89. The summed E-state index contributed by atoms with van der Waals surface area (Å²) in [5.74, 6) is 0.0716. The highest BCUT2D eigenvalue weighted by molar-refractivity contribution is 7.07. The standard InChI is InChI=1S/C13H14N2O2S/c1-9-6-10(2-3-12(9)16)13(17)14-5-4-11-7-18-8-15-11/h2-3,6-8,16H,4-5H2,1H3,(H,14,17). The van der Waals surface area contributed by atoms with Crippen LogP contribution >= 0.6 is 11.3 Å². The van der Waals surface area contributed by atoms with Crippen LogP contribution < -0.4 is 5.32 Å². The average Bonchev–Trinajstić information content (AvgIpc) is 2.85. The molecule has 1 aromatic carbocycles. The number of carbonyl (C=O) groups is 1. The van der Waals surface area contributed by atoms with Gasteiger partial charge in [-0.2, -0.15) is 0 Å². The molecule has 0 radical (unpaired) electrons. The van der Waals surface area contributed by atoms with E-state index in [-0.39, 0.29) is 11.7 Å². The zero-order valence-corrected chi connectivity index (χ0v) is 10.8. The molecule has 0 spiro atoms. The number of phenols is 1. The van der Waals surface area contributed by atoms with E-state index in [0.717, 1.165) is 12.1 Å². The van der Waals surface area contributed by atoms with E-state index in [1.807, 2.05) is 5.38 Å². The molecule has 2 rings (SSSR count). The zero-order valence-electron chi connectivity index (χ0n) is 10.0. The summed E-state index contributed by atoms with van der Waals surface area (Å²) in [6, 6.07) is 4.82. The third-order valence-electron chi connectivity index (χ3n) is 2.61. The predicted octanol–water partition coefficient (Wildman–Crippen LogP) is 2.13. The lowest BCUT2D eigenvalue weighted by atomic mass is 10.1. The fourth-order valence-corrected chi connectivity index (χ4v) is 2.16. The summed E-state index contributed by atoms with van der Waals surface area (Å²) >= 11 is 1.55. The van der Waals surface area contributed by atoms with Crippen molar-refractivity contribution in [2.24, 2.45) is 0 Å². The zero-order chi connectivity index (χ0) is 13.0. The first-order valence-corrected chi connectivity index (χ1v) is 6.56. The van der Waals surface area contributed by atoms with Crippen LogP contribution in [0, 0.1) is 6.92 Å². The van der Waals surface area contributed by atoms with Crippen LogP contribution in [0.2, 0.25) is 0 Å². The van der Waals surface area contributed by atoms with E-state index in [0.29, 0.717) is 17.7 Å². The smallest absolute Gasteiger partial charge is 0.251 e. The molecule has 4 nitrogen and oxygen atoms in total. The summed E-state index contributed by atoms with van der Waals surface area (Å²) in [6.07, 6.45) is 0.728. The number of nitrogens with zero attached hydrogens (tertiary/aromatic N) is 1. The van der Waals surface area contributed by atoms with Gasteiger partial charge in [-0.25, -0.2) is 4.98 Å². The molecule has 0 saturated heterocycles. The lowest BCUT2D eigenvalue weighted by Gasteiger charge is -2.05. The monoisotopic (exact) mass is 262 g/mol. The maximum absolute atomic E-state index is 11.8. The maximum atomic E-state index is 11.8. The summed E-state index contributed by atoms with van der Waals surface area (Å²) in [7, 11) is 0. The van der Waals surface area contributed by atoms with Gasteiger partial charge in [0.2, 0.25) is 0 Å². The highest BCUT2D eigenvalue weighted by Gasteiger charge is 2.07. The first-order chi connectivity index (χ1) is 8.66. The van der Waals surface area contributed by atoms with Gasteiger partial charge in [0.15, 0.2) is 0 Å². The van der Waals surface area contributed by atoms with Crippen LogP contribution in [-0.2, 0) is 6.42 Å². The van der Waals surface area contributed by atoms with Gasteiger partial charge in [-0.1, -0.05) is 0 Å². The van der Waals surface area contributed by atoms with Crippen LogP contribution in [0.4, 0.5) is 0 Å². The van der Waals surface area contributed by atoms with Crippen molar-refractivity contribution in [3.05, 3.63) is 45.9 Å². The third kappa shape index (κ3) is 3.07. The van der Waals surface area contributed by atoms with Crippen LogP contribution in [0.25, 0.3) is 0 Å². The molecular weight excluding hydrogens is 248 g/mol. The lowest BCUT2D eigenvalue weighted by Crippen LogP contribution is -2.25. The molecule has 1 heterocycles. The Morgan fingerprint density at radius 1 is 1.50 bits per heavy atom. The molecule has 0 fully saturated rings. The molecule has 1 aromatic heterocycles. The van der Waals surface area contributed by atoms with Gasteiger partial charge in [-0.15, -0.1) is 11.3 Å². The van der Waals surface area contributed by atoms with Crippen LogP contribution in [0.1, 0.15) is 21.6 Å². The number of aromatic nitrogens is 1. The van der Waals surface area contributed by atoms with Gasteiger partial charge in [-0.3, -0.25) is 4.79 Å². The number of phenolic OH excluding ortho intramolecular Hbond substituents is 1. The first kappa shape index (κ1) is 12.6. The number of aryl methyl sites for hydroxylation is 1. The van der Waals surface area contributed by atoms with Gasteiger partial charge in [0.1, 0.15) is 5.75 Å². The molecule has 18 heavy (non-hydrogen) atoms. The molecule has 1 amide bonds. The van der Waals surface area contributed by atoms with Crippen molar-refractivity contribution < 1.29 is 9.90 Å². The van der Waals surface area contributed by atoms with E-state index in [9.17, 15) is 9.90 Å². The van der Waals surface area contributed by atoms with E-state index in [2.05, 4.69) is 10.3 Å². The number of carbonyl (C=O) groups excluding carboxylic acids is 1. The van der Waals surface area contributed by atoms with Crippen LogP contribution in [0.5, 0.6) is 5.75 Å². The Kier molecular flexibility index (Phi) is 3.94. The van der Waals surface area contributed by atoms with Crippen molar-refractivity contribution in [2.75, 3.05) is 6.54 Å². The van der Waals surface area contributed by atoms with Crippen molar-refractivity contribution in [1.29, 1.82) is 0 Å². The van der Waals surface area contributed by atoms with E-state index < -0.39 is 0 Å². The second kappa shape index (κ2) is 5.64. The van der Waals surface area contributed by atoms with Crippen molar-refractivity contribution in [3.63, 3.8) is 0 Å². The number of rotatable bonds is 4. The highest BCUT2D eigenvalue weighted by Crippen LogP contribution is 2.16. The minimum atomic E-state index is -0.131. The van der Waals surface area contributed by atoms with Gasteiger partial charge < -0.3 is 10.4 Å². The van der Waals surface area contributed by atoms with Gasteiger partial charge in [-0.05, 0) is 30.7 Å². The highest BCUT2D eigenvalue weighted by atomic mass is 32.1. The number of aromatic hydroxyl groups is 1. The number of amides is 1. The molecule has 0 aliphatic heterocycles. The Labute approximate surface area is 109 Å². The lowest BCUT2D eigenvalue weighted by molar-refractivity contribution is 0.0954. The molecule has 0 saturated carbocycles. The van der Waals surface area contributed by atoms with E-state index in [1.165, 1.54) is 6.07 Å². The molecule has 2 N–H and O–H groups in total. The van der Waals surface area contributed by atoms with Crippen LogP contribution in [0.15, 0.2) is 29.1 Å². The normalized spacial score (nSPS) is 10.3.